The molecule has 0 aliphatic carbocycles. The fourth-order valence-electron chi connectivity index (χ4n) is 2.97. The largest absolute Gasteiger partial charge is 0.508 e. The van der Waals surface area contributed by atoms with Crippen molar-refractivity contribution < 1.29 is 14.9 Å². The Morgan fingerprint density at radius 1 is 1.17 bits per heavy atom. The van der Waals surface area contributed by atoms with E-state index in [0.717, 1.165) is 38.2 Å². The molecule has 2 heterocycles. The quantitative estimate of drug-likeness (QED) is 0.291. The monoisotopic (exact) mass is 442 g/mol. The molecule has 3 N–H and O–H groups in total. The highest BCUT2D eigenvalue weighted by molar-refractivity contribution is 8.00. The summed E-state index contributed by atoms with van der Waals surface area (Å²) in [6, 6.07) is 12.8. The highest BCUT2D eigenvalue weighted by Gasteiger charge is 2.24. The molecule has 2 aromatic carbocycles. The maximum absolute atomic E-state index is 10.3. The number of phenols is 1. The zero-order valence-electron chi connectivity index (χ0n) is 17.0. The predicted molar refractivity (Wildman–Crippen MR) is 120 cm³/mol. The molecule has 0 radical (unpaired) electrons. The maximum Gasteiger partial charge on any atom is 0.213 e. The van der Waals surface area contributed by atoms with Gasteiger partial charge in [-0.3, -0.25) is 0 Å². The third-order valence-electron chi connectivity index (χ3n) is 4.48. The topological polar surface area (TPSA) is 91.9 Å². The molecule has 0 aliphatic heterocycles. The zero-order valence-corrected chi connectivity index (χ0v) is 18.6. The summed E-state index contributed by atoms with van der Waals surface area (Å²) in [7, 11) is 1.64. The third-order valence-corrected chi connectivity index (χ3v) is 6.58. The van der Waals surface area contributed by atoms with Gasteiger partial charge in [0, 0.05) is 11.3 Å². The van der Waals surface area contributed by atoms with Crippen molar-refractivity contribution in [1.82, 2.24) is 14.6 Å². The molecule has 0 unspecified atom stereocenters. The van der Waals surface area contributed by atoms with E-state index < -0.39 is 5.60 Å². The first kappa shape index (κ1) is 20.5. The highest BCUT2D eigenvalue weighted by Crippen LogP contribution is 2.37. The van der Waals surface area contributed by atoms with Crippen LogP contribution >= 0.6 is 23.3 Å². The van der Waals surface area contributed by atoms with E-state index in [1.165, 1.54) is 23.3 Å². The van der Waals surface area contributed by atoms with Gasteiger partial charge in [0.2, 0.25) is 4.96 Å². The number of phenolic OH excluding ortho intramolecular Hbond substituents is 1. The fourth-order valence-corrected chi connectivity index (χ4v) is 4.72. The molecule has 0 saturated heterocycles. The van der Waals surface area contributed by atoms with Crippen LogP contribution in [0.4, 0.5) is 5.69 Å². The summed E-state index contributed by atoms with van der Waals surface area (Å²) in [6.45, 7) is 5.39. The van der Waals surface area contributed by atoms with E-state index in [4.69, 9.17) is 4.74 Å². The van der Waals surface area contributed by atoms with Gasteiger partial charge in [0.15, 0.2) is 0 Å². The Morgan fingerprint density at radius 3 is 2.57 bits per heavy atom. The lowest BCUT2D eigenvalue weighted by Crippen LogP contribution is -2.15. The second-order valence-corrected chi connectivity index (χ2v) is 9.13. The number of nitrogens with zero attached hydrogens (tertiary/aromatic N) is 3. The van der Waals surface area contributed by atoms with E-state index in [9.17, 15) is 10.2 Å². The highest BCUT2D eigenvalue weighted by atomic mass is 32.2. The van der Waals surface area contributed by atoms with Crippen molar-refractivity contribution in [3.63, 3.8) is 0 Å². The standard InChI is InChI=1S/C21H22N4O3S2/c1-12-18(25-20(22-12)29-19(23-25)21(2,3)27)13-5-10-16(28-4)17(11-13)30-24-14-6-8-15(26)9-7-14/h5-11,24,26-27H,1-4H3. The van der Waals surface area contributed by atoms with Crippen LogP contribution in [0.1, 0.15) is 24.5 Å². The Morgan fingerprint density at radius 2 is 1.90 bits per heavy atom. The average molecular weight is 443 g/mol. The molecule has 0 atom stereocenters. The normalized spacial score (nSPS) is 11.8. The molecular formula is C21H22N4O3S2. The van der Waals surface area contributed by atoms with Crippen LogP contribution in [0, 0.1) is 6.92 Å². The van der Waals surface area contributed by atoms with Crippen molar-refractivity contribution in [2.75, 3.05) is 11.8 Å². The van der Waals surface area contributed by atoms with Crippen LogP contribution in [0.15, 0.2) is 47.4 Å². The Hall–Kier alpha value is -2.75. The lowest BCUT2D eigenvalue weighted by atomic mass is 10.1. The summed E-state index contributed by atoms with van der Waals surface area (Å²) in [4.78, 5) is 6.27. The molecule has 7 nitrogen and oxygen atoms in total. The van der Waals surface area contributed by atoms with E-state index in [0.29, 0.717) is 5.01 Å². The van der Waals surface area contributed by atoms with E-state index in [2.05, 4.69) is 14.8 Å². The number of methoxy groups -OCH3 is 1. The van der Waals surface area contributed by atoms with Gasteiger partial charge in [-0.1, -0.05) is 11.3 Å². The number of aryl methyl sites for hydroxylation is 1. The van der Waals surface area contributed by atoms with Gasteiger partial charge in [0.05, 0.1) is 23.4 Å². The molecule has 0 bridgehead atoms. The Kier molecular flexibility index (Phi) is 5.35. The van der Waals surface area contributed by atoms with Gasteiger partial charge in [-0.05, 0) is 75.2 Å². The second-order valence-electron chi connectivity index (χ2n) is 7.32. The summed E-state index contributed by atoms with van der Waals surface area (Å²) in [5, 5.41) is 25.0. The van der Waals surface area contributed by atoms with Crippen molar-refractivity contribution in [2.45, 2.75) is 31.3 Å². The molecule has 4 rings (SSSR count). The summed E-state index contributed by atoms with van der Waals surface area (Å²) in [5.41, 5.74) is 2.53. The van der Waals surface area contributed by atoms with Crippen LogP contribution in [0.3, 0.4) is 0 Å². The van der Waals surface area contributed by atoms with Crippen LogP contribution in [0.25, 0.3) is 16.2 Å². The van der Waals surface area contributed by atoms with Crippen LogP contribution in [0.5, 0.6) is 11.5 Å². The Balaban J connectivity index is 1.71. The molecule has 30 heavy (non-hydrogen) atoms. The molecule has 0 saturated carbocycles. The smallest absolute Gasteiger partial charge is 0.213 e. The molecule has 0 spiro atoms. The molecule has 0 amide bonds. The number of rotatable bonds is 6. The van der Waals surface area contributed by atoms with Crippen LogP contribution in [-0.4, -0.2) is 31.9 Å². The summed E-state index contributed by atoms with van der Waals surface area (Å²) < 4.78 is 10.6. The number of aromatic nitrogens is 3. The van der Waals surface area contributed by atoms with Gasteiger partial charge in [0.1, 0.15) is 22.1 Å². The second kappa shape index (κ2) is 7.82. The van der Waals surface area contributed by atoms with Crippen molar-refractivity contribution >= 4 is 33.9 Å². The number of anilines is 1. The number of aromatic hydroxyl groups is 1. The average Bonchev–Trinajstić information content (AvgIpc) is 3.24. The van der Waals surface area contributed by atoms with Crippen molar-refractivity contribution in [3.8, 4) is 22.8 Å². The molecule has 4 aromatic rings. The molecule has 9 heteroatoms. The van der Waals surface area contributed by atoms with Gasteiger partial charge < -0.3 is 19.7 Å². The first-order valence-electron chi connectivity index (χ1n) is 9.25. The number of imidazole rings is 1. The molecule has 0 fully saturated rings. The van der Waals surface area contributed by atoms with E-state index >= 15 is 0 Å². The number of hydrogen-bond donors (Lipinski definition) is 3. The number of aliphatic hydroxyl groups is 1. The third kappa shape index (κ3) is 3.96. The van der Waals surface area contributed by atoms with Crippen molar-refractivity contribution in [2.24, 2.45) is 0 Å². The minimum Gasteiger partial charge on any atom is -0.508 e. The van der Waals surface area contributed by atoms with Crippen LogP contribution in [0.2, 0.25) is 0 Å². The molecular weight excluding hydrogens is 420 g/mol. The number of nitrogens with one attached hydrogen (secondary N) is 1. The lowest BCUT2D eigenvalue weighted by molar-refractivity contribution is 0.0773. The van der Waals surface area contributed by atoms with Crippen LogP contribution < -0.4 is 9.46 Å². The minimum absolute atomic E-state index is 0.221. The van der Waals surface area contributed by atoms with Crippen molar-refractivity contribution in [1.29, 1.82) is 0 Å². The van der Waals surface area contributed by atoms with Gasteiger partial charge in [0.25, 0.3) is 0 Å². The van der Waals surface area contributed by atoms with Gasteiger partial charge in [-0.25, -0.2) is 9.50 Å². The number of fused-ring (bicyclic) bond motifs is 1. The number of benzene rings is 2. The lowest BCUT2D eigenvalue weighted by Gasteiger charge is -2.13. The predicted octanol–water partition coefficient (Wildman–Crippen LogP) is 4.83. The van der Waals surface area contributed by atoms with Gasteiger partial charge in [-0.15, -0.1) is 0 Å². The van der Waals surface area contributed by atoms with E-state index in [1.54, 1.807) is 49.7 Å². The fraction of sp³-hybridized carbons (Fsp3) is 0.238. The summed E-state index contributed by atoms with van der Waals surface area (Å²) in [5.74, 6) is 0.961. The molecule has 0 aliphatic rings. The molecule has 2 aromatic heterocycles. The first-order valence-corrected chi connectivity index (χ1v) is 10.9. The zero-order chi connectivity index (χ0) is 21.5. The molecule has 156 valence electrons. The van der Waals surface area contributed by atoms with E-state index in [1.807, 2.05) is 25.1 Å². The number of hydrogen-bond acceptors (Lipinski definition) is 8. The summed E-state index contributed by atoms with van der Waals surface area (Å²) >= 11 is 2.80. The summed E-state index contributed by atoms with van der Waals surface area (Å²) in [6.07, 6.45) is 0. The number of ether oxygens (including phenoxy) is 1. The minimum atomic E-state index is -1.02. The Labute approximate surface area is 182 Å². The van der Waals surface area contributed by atoms with Crippen molar-refractivity contribution in [3.05, 3.63) is 53.2 Å². The Bertz CT molecular complexity index is 1190. The van der Waals surface area contributed by atoms with E-state index in [-0.39, 0.29) is 5.75 Å². The SMILES string of the molecule is COc1ccc(-c2c(C)nc3sc(C(C)(C)O)nn23)cc1SNc1ccc(O)cc1. The van der Waals surface area contributed by atoms with Gasteiger partial charge in [-0.2, -0.15) is 5.10 Å². The maximum atomic E-state index is 10.3. The first-order chi connectivity index (χ1) is 14.3. The van der Waals surface area contributed by atoms with Gasteiger partial charge >= 0.3 is 0 Å². The van der Waals surface area contributed by atoms with Crippen LogP contribution in [-0.2, 0) is 5.60 Å².